The van der Waals surface area contributed by atoms with Gasteiger partial charge in [0.25, 0.3) is 5.69 Å². The van der Waals surface area contributed by atoms with Crippen molar-refractivity contribution >= 4 is 21.6 Å². The molecule has 1 saturated carbocycles. The predicted molar refractivity (Wildman–Crippen MR) is 71.5 cm³/mol. The van der Waals surface area contributed by atoms with E-state index in [4.69, 9.17) is 4.74 Å². The lowest BCUT2D eigenvalue weighted by molar-refractivity contribution is -0.385. The summed E-state index contributed by atoms with van der Waals surface area (Å²) in [5.41, 5.74) is 0.864. The van der Waals surface area contributed by atoms with Crippen LogP contribution in [0.4, 0.5) is 5.69 Å². The summed E-state index contributed by atoms with van der Waals surface area (Å²) in [5.74, 6) is 0. The van der Waals surface area contributed by atoms with E-state index < -0.39 is 0 Å². The van der Waals surface area contributed by atoms with Gasteiger partial charge in [-0.25, -0.2) is 0 Å². The molecule has 0 unspecified atom stereocenters. The van der Waals surface area contributed by atoms with Crippen molar-refractivity contribution in [2.45, 2.75) is 31.5 Å². The van der Waals surface area contributed by atoms with Gasteiger partial charge in [-0.1, -0.05) is 15.9 Å². The van der Waals surface area contributed by atoms with Gasteiger partial charge < -0.3 is 10.1 Å². The van der Waals surface area contributed by atoms with E-state index in [9.17, 15) is 10.1 Å². The van der Waals surface area contributed by atoms with Crippen molar-refractivity contribution in [2.75, 3.05) is 7.11 Å². The van der Waals surface area contributed by atoms with Crippen LogP contribution < -0.4 is 5.32 Å². The van der Waals surface area contributed by atoms with Crippen molar-refractivity contribution in [3.8, 4) is 0 Å². The highest BCUT2D eigenvalue weighted by atomic mass is 79.9. The highest BCUT2D eigenvalue weighted by molar-refractivity contribution is 9.10. The second kappa shape index (κ2) is 5.77. The lowest BCUT2D eigenvalue weighted by Gasteiger charge is -2.34. The number of nitro benzene ring substituents is 1. The summed E-state index contributed by atoms with van der Waals surface area (Å²) in [7, 11) is 1.71. The standard InChI is InChI=1S/C12H15BrN2O3/c1-18-11-5-10(6-11)14-7-8-4-9(13)2-3-12(8)15(16)17/h2-4,10-11,14H,5-7H2,1H3. The van der Waals surface area contributed by atoms with Crippen LogP contribution in [-0.2, 0) is 11.3 Å². The van der Waals surface area contributed by atoms with E-state index in [-0.39, 0.29) is 10.6 Å². The minimum Gasteiger partial charge on any atom is -0.381 e. The Morgan fingerprint density at radius 2 is 2.28 bits per heavy atom. The number of methoxy groups -OCH3 is 1. The number of hydrogen-bond donors (Lipinski definition) is 1. The molecule has 5 nitrogen and oxygen atoms in total. The van der Waals surface area contributed by atoms with Gasteiger partial charge in [0.15, 0.2) is 0 Å². The van der Waals surface area contributed by atoms with Crippen LogP contribution in [0, 0.1) is 10.1 Å². The largest absolute Gasteiger partial charge is 0.381 e. The normalized spacial score (nSPS) is 22.6. The molecule has 0 aliphatic heterocycles. The zero-order valence-electron chi connectivity index (χ0n) is 10.1. The Hall–Kier alpha value is -0.980. The molecule has 0 spiro atoms. The van der Waals surface area contributed by atoms with Crippen molar-refractivity contribution in [1.29, 1.82) is 0 Å². The van der Waals surface area contributed by atoms with Crippen LogP contribution in [-0.4, -0.2) is 24.2 Å². The minimum absolute atomic E-state index is 0.160. The maximum Gasteiger partial charge on any atom is 0.273 e. The zero-order valence-corrected chi connectivity index (χ0v) is 11.6. The maximum atomic E-state index is 10.9. The molecule has 0 aromatic heterocycles. The average Bonchev–Trinajstić information content (AvgIpc) is 2.27. The number of rotatable bonds is 5. The molecule has 0 heterocycles. The van der Waals surface area contributed by atoms with Gasteiger partial charge in [-0.05, 0) is 25.0 Å². The molecular formula is C12H15BrN2O3. The summed E-state index contributed by atoms with van der Waals surface area (Å²) in [6.07, 6.45) is 2.27. The van der Waals surface area contributed by atoms with Gasteiger partial charge in [0, 0.05) is 35.8 Å². The van der Waals surface area contributed by atoms with Crippen molar-refractivity contribution in [3.63, 3.8) is 0 Å². The Bertz CT molecular complexity index is 447. The number of nitrogens with zero attached hydrogens (tertiary/aromatic N) is 1. The van der Waals surface area contributed by atoms with Gasteiger partial charge >= 0.3 is 0 Å². The Kier molecular flexibility index (Phi) is 4.31. The minimum atomic E-state index is -0.345. The van der Waals surface area contributed by atoms with Crippen LogP contribution in [0.15, 0.2) is 22.7 Å². The van der Waals surface area contributed by atoms with E-state index in [1.165, 1.54) is 6.07 Å². The first-order valence-electron chi connectivity index (χ1n) is 5.79. The smallest absolute Gasteiger partial charge is 0.273 e. The molecule has 6 heteroatoms. The van der Waals surface area contributed by atoms with E-state index in [1.807, 2.05) is 0 Å². The molecule has 2 rings (SSSR count). The SMILES string of the molecule is COC1CC(NCc2cc(Br)ccc2[N+](=O)[O-])C1. The van der Waals surface area contributed by atoms with Crippen molar-refractivity contribution in [1.82, 2.24) is 5.32 Å². The van der Waals surface area contributed by atoms with Crippen LogP contribution in [0.2, 0.25) is 0 Å². The van der Waals surface area contributed by atoms with Gasteiger partial charge in [0.05, 0.1) is 11.0 Å². The molecule has 0 atom stereocenters. The molecule has 1 aliphatic carbocycles. The quantitative estimate of drug-likeness (QED) is 0.670. The lowest BCUT2D eigenvalue weighted by Crippen LogP contribution is -2.44. The Morgan fingerprint density at radius 3 is 2.89 bits per heavy atom. The highest BCUT2D eigenvalue weighted by Gasteiger charge is 2.28. The Morgan fingerprint density at radius 1 is 1.56 bits per heavy atom. The molecule has 18 heavy (non-hydrogen) atoms. The number of nitro groups is 1. The third-order valence-electron chi connectivity index (χ3n) is 3.25. The van der Waals surface area contributed by atoms with Crippen LogP contribution in [0.3, 0.4) is 0 Å². The third kappa shape index (κ3) is 3.07. The Balaban J connectivity index is 1.96. The maximum absolute atomic E-state index is 10.9. The number of benzene rings is 1. The first-order valence-corrected chi connectivity index (χ1v) is 6.58. The molecule has 0 amide bonds. The van der Waals surface area contributed by atoms with Gasteiger partial charge in [-0.15, -0.1) is 0 Å². The molecule has 0 radical (unpaired) electrons. The first-order chi connectivity index (χ1) is 8.60. The fraction of sp³-hybridized carbons (Fsp3) is 0.500. The molecule has 1 aliphatic rings. The van der Waals surface area contributed by atoms with Crippen molar-refractivity contribution < 1.29 is 9.66 Å². The summed E-state index contributed by atoms with van der Waals surface area (Å²) >= 11 is 3.33. The summed E-state index contributed by atoms with van der Waals surface area (Å²) < 4.78 is 6.05. The number of nitrogens with one attached hydrogen (secondary N) is 1. The summed E-state index contributed by atoms with van der Waals surface area (Å²) in [4.78, 5) is 10.6. The fourth-order valence-corrected chi connectivity index (χ4v) is 2.46. The highest BCUT2D eigenvalue weighted by Crippen LogP contribution is 2.26. The fourth-order valence-electron chi connectivity index (χ4n) is 2.05. The van der Waals surface area contributed by atoms with Crippen molar-refractivity contribution in [3.05, 3.63) is 38.3 Å². The molecule has 1 fully saturated rings. The molecule has 1 N–H and O–H groups in total. The van der Waals surface area contributed by atoms with Gasteiger partial charge in [-0.3, -0.25) is 10.1 Å². The van der Waals surface area contributed by atoms with Gasteiger partial charge in [0.1, 0.15) is 0 Å². The molecule has 1 aromatic carbocycles. The van der Waals surface area contributed by atoms with Crippen LogP contribution in [0.25, 0.3) is 0 Å². The topological polar surface area (TPSA) is 64.4 Å². The first kappa shape index (κ1) is 13.5. The molecule has 0 bridgehead atoms. The van der Waals surface area contributed by atoms with Gasteiger partial charge in [-0.2, -0.15) is 0 Å². The second-order valence-corrected chi connectivity index (χ2v) is 5.35. The van der Waals surface area contributed by atoms with E-state index in [1.54, 1.807) is 19.2 Å². The van der Waals surface area contributed by atoms with Crippen molar-refractivity contribution in [2.24, 2.45) is 0 Å². The average molecular weight is 315 g/mol. The number of halogens is 1. The third-order valence-corrected chi connectivity index (χ3v) is 3.74. The van der Waals surface area contributed by atoms with Crippen LogP contribution in [0.5, 0.6) is 0 Å². The van der Waals surface area contributed by atoms with E-state index in [2.05, 4.69) is 21.2 Å². The summed E-state index contributed by atoms with van der Waals surface area (Å²) in [6.45, 7) is 0.511. The summed E-state index contributed by atoms with van der Waals surface area (Å²) in [6, 6.07) is 5.40. The lowest BCUT2D eigenvalue weighted by atomic mass is 9.89. The number of ether oxygens (including phenoxy) is 1. The monoisotopic (exact) mass is 314 g/mol. The zero-order chi connectivity index (χ0) is 13.1. The van der Waals surface area contributed by atoms with Crippen LogP contribution in [0.1, 0.15) is 18.4 Å². The number of hydrogen-bond acceptors (Lipinski definition) is 4. The van der Waals surface area contributed by atoms with E-state index in [0.29, 0.717) is 24.3 Å². The summed E-state index contributed by atoms with van der Waals surface area (Å²) in [5, 5.41) is 14.2. The second-order valence-electron chi connectivity index (χ2n) is 4.44. The predicted octanol–water partition coefficient (Wildman–Crippen LogP) is 2.62. The Labute approximate surface area is 114 Å². The van der Waals surface area contributed by atoms with Crippen LogP contribution >= 0.6 is 15.9 Å². The molecule has 1 aromatic rings. The van der Waals surface area contributed by atoms with E-state index >= 15 is 0 Å². The van der Waals surface area contributed by atoms with Gasteiger partial charge in [0.2, 0.25) is 0 Å². The molecule has 0 saturated heterocycles. The molecule has 98 valence electrons. The molecular weight excluding hydrogens is 300 g/mol. The van der Waals surface area contributed by atoms with E-state index in [0.717, 1.165) is 17.3 Å².